The smallest absolute Gasteiger partial charge is 0.214 e. The first-order valence-electron chi connectivity index (χ1n) is 4.75. The predicted octanol–water partition coefficient (Wildman–Crippen LogP) is 0.0487. The summed E-state index contributed by atoms with van der Waals surface area (Å²) in [5, 5.41) is 0. The molecular weight excluding hydrogens is 180 g/mol. The van der Waals surface area contributed by atoms with Crippen LogP contribution in [0.25, 0.3) is 0 Å². The number of rotatable bonds is 6. The Hall–Kier alpha value is -1.20. The second-order valence-corrected chi connectivity index (χ2v) is 3.19. The highest BCUT2D eigenvalue weighted by Gasteiger charge is 2.16. The lowest BCUT2D eigenvalue weighted by molar-refractivity contribution is 0.0947. The zero-order chi connectivity index (χ0) is 10.4. The summed E-state index contributed by atoms with van der Waals surface area (Å²) in [6, 6.07) is -0.465. The summed E-state index contributed by atoms with van der Waals surface area (Å²) in [5.74, 6) is 0.206. The van der Waals surface area contributed by atoms with Crippen LogP contribution in [-0.4, -0.2) is 28.3 Å². The van der Waals surface area contributed by atoms with Gasteiger partial charge in [-0.3, -0.25) is 4.79 Å². The Labute approximate surface area is 82.9 Å². The normalized spacial score (nSPS) is 12.7. The number of nitrogens with two attached hydrogens (primary N) is 2. The fourth-order valence-corrected chi connectivity index (χ4v) is 1.22. The first-order chi connectivity index (χ1) is 6.75. The molecule has 0 amide bonds. The lowest BCUT2D eigenvalue weighted by Gasteiger charge is -2.07. The molecule has 1 atom stereocenters. The standard InChI is InChI=1S/C9H16N4O/c10-4-2-1-3-7(11)8(14)9-12-5-6-13-9/h5-7H,1-4,10-11H2,(H,12,13)/t7-/m0/s1. The molecule has 1 aromatic heterocycles. The van der Waals surface area contributed by atoms with Crippen LogP contribution in [-0.2, 0) is 0 Å². The van der Waals surface area contributed by atoms with Gasteiger partial charge in [0.2, 0.25) is 5.78 Å². The maximum absolute atomic E-state index is 11.5. The number of ketones is 1. The maximum atomic E-state index is 11.5. The van der Waals surface area contributed by atoms with Crippen LogP contribution < -0.4 is 11.5 Å². The van der Waals surface area contributed by atoms with Crippen LogP contribution in [0.5, 0.6) is 0 Å². The number of nitrogens with zero attached hydrogens (tertiary/aromatic N) is 1. The minimum Gasteiger partial charge on any atom is -0.342 e. The molecule has 0 aromatic carbocycles. The molecular formula is C9H16N4O. The van der Waals surface area contributed by atoms with Gasteiger partial charge in [0.05, 0.1) is 6.04 Å². The Balaban J connectivity index is 2.37. The quantitative estimate of drug-likeness (QED) is 0.442. The maximum Gasteiger partial charge on any atom is 0.214 e. The summed E-state index contributed by atoms with van der Waals surface area (Å²) < 4.78 is 0. The molecule has 1 rings (SSSR count). The summed E-state index contributed by atoms with van der Waals surface area (Å²) in [6.45, 7) is 0.641. The fraction of sp³-hybridized carbons (Fsp3) is 0.556. The van der Waals surface area contributed by atoms with E-state index >= 15 is 0 Å². The van der Waals surface area contributed by atoms with Crippen molar-refractivity contribution in [3.63, 3.8) is 0 Å². The molecule has 0 radical (unpaired) electrons. The van der Waals surface area contributed by atoms with E-state index in [1.165, 1.54) is 0 Å². The SMILES string of the molecule is NCCCC[C@H](N)C(=O)c1ncc[nH]1. The molecule has 0 aliphatic heterocycles. The molecule has 0 aliphatic carbocycles. The Morgan fingerprint density at radius 2 is 2.36 bits per heavy atom. The highest BCUT2D eigenvalue weighted by molar-refractivity contribution is 5.96. The first kappa shape index (κ1) is 10.9. The molecule has 1 heterocycles. The average molecular weight is 196 g/mol. The van der Waals surface area contributed by atoms with Gasteiger partial charge in [0.15, 0.2) is 5.82 Å². The van der Waals surface area contributed by atoms with E-state index in [1.807, 2.05) is 0 Å². The van der Waals surface area contributed by atoms with Crippen LogP contribution in [0.4, 0.5) is 0 Å². The lowest BCUT2D eigenvalue weighted by Crippen LogP contribution is -2.31. The molecule has 0 spiro atoms. The Morgan fingerprint density at radius 1 is 1.57 bits per heavy atom. The molecule has 0 saturated heterocycles. The van der Waals surface area contributed by atoms with Crippen molar-refractivity contribution in [2.45, 2.75) is 25.3 Å². The minimum absolute atomic E-state index is 0.132. The lowest BCUT2D eigenvalue weighted by atomic mass is 10.1. The number of unbranched alkanes of at least 4 members (excludes halogenated alkanes) is 1. The van der Waals surface area contributed by atoms with Crippen LogP contribution >= 0.6 is 0 Å². The molecule has 0 bridgehead atoms. The molecule has 5 nitrogen and oxygen atoms in total. The highest BCUT2D eigenvalue weighted by Crippen LogP contribution is 2.03. The van der Waals surface area contributed by atoms with E-state index < -0.39 is 6.04 Å². The number of carbonyl (C=O) groups is 1. The van der Waals surface area contributed by atoms with Crippen LogP contribution in [0.2, 0.25) is 0 Å². The number of Topliss-reactive ketones (excluding diaryl/α,β-unsaturated/α-hetero) is 1. The summed E-state index contributed by atoms with van der Waals surface area (Å²) in [7, 11) is 0. The molecule has 78 valence electrons. The monoisotopic (exact) mass is 196 g/mol. The Kier molecular flexibility index (Phi) is 4.28. The molecule has 5 heteroatoms. The van der Waals surface area contributed by atoms with Gasteiger partial charge >= 0.3 is 0 Å². The molecule has 1 aromatic rings. The van der Waals surface area contributed by atoms with E-state index in [2.05, 4.69) is 9.97 Å². The zero-order valence-corrected chi connectivity index (χ0v) is 8.07. The van der Waals surface area contributed by atoms with Gasteiger partial charge < -0.3 is 16.5 Å². The van der Waals surface area contributed by atoms with Gasteiger partial charge in [-0.15, -0.1) is 0 Å². The second-order valence-electron chi connectivity index (χ2n) is 3.19. The number of aromatic amines is 1. The largest absolute Gasteiger partial charge is 0.342 e. The topological polar surface area (TPSA) is 97.8 Å². The third-order valence-electron chi connectivity index (χ3n) is 2.04. The number of aromatic nitrogens is 2. The van der Waals surface area contributed by atoms with Gasteiger partial charge in [0.1, 0.15) is 0 Å². The van der Waals surface area contributed by atoms with Gasteiger partial charge in [-0.2, -0.15) is 0 Å². The molecule has 5 N–H and O–H groups in total. The van der Waals surface area contributed by atoms with Gasteiger partial charge in [0, 0.05) is 12.4 Å². The van der Waals surface area contributed by atoms with Crippen molar-refractivity contribution in [2.24, 2.45) is 11.5 Å². The number of hydrogen-bond acceptors (Lipinski definition) is 4. The third kappa shape index (κ3) is 2.93. The van der Waals surface area contributed by atoms with E-state index in [0.29, 0.717) is 18.8 Å². The van der Waals surface area contributed by atoms with Crippen molar-refractivity contribution in [3.8, 4) is 0 Å². The van der Waals surface area contributed by atoms with Crippen molar-refractivity contribution >= 4 is 5.78 Å². The number of carbonyl (C=O) groups excluding carboxylic acids is 1. The molecule has 0 fully saturated rings. The van der Waals surface area contributed by atoms with Crippen LogP contribution in [0.1, 0.15) is 29.9 Å². The predicted molar refractivity (Wildman–Crippen MR) is 53.8 cm³/mol. The average Bonchev–Trinajstić information content (AvgIpc) is 2.69. The zero-order valence-electron chi connectivity index (χ0n) is 8.07. The molecule has 0 aliphatic rings. The molecule has 14 heavy (non-hydrogen) atoms. The number of nitrogens with one attached hydrogen (secondary N) is 1. The van der Waals surface area contributed by atoms with E-state index in [-0.39, 0.29) is 5.78 Å². The fourth-order valence-electron chi connectivity index (χ4n) is 1.22. The van der Waals surface area contributed by atoms with Crippen LogP contribution in [0.15, 0.2) is 12.4 Å². The van der Waals surface area contributed by atoms with E-state index in [9.17, 15) is 4.79 Å². The summed E-state index contributed by atoms with van der Waals surface area (Å²) in [4.78, 5) is 18.1. The van der Waals surface area contributed by atoms with Crippen molar-refractivity contribution in [1.82, 2.24) is 9.97 Å². The third-order valence-corrected chi connectivity index (χ3v) is 2.04. The van der Waals surface area contributed by atoms with Gasteiger partial charge in [-0.1, -0.05) is 6.42 Å². The summed E-state index contributed by atoms with van der Waals surface area (Å²) in [5.41, 5.74) is 11.0. The Bertz CT molecular complexity index is 270. The van der Waals surface area contributed by atoms with E-state index in [0.717, 1.165) is 12.8 Å². The number of hydrogen-bond donors (Lipinski definition) is 3. The second kappa shape index (κ2) is 5.51. The van der Waals surface area contributed by atoms with E-state index in [1.54, 1.807) is 12.4 Å². The van der Waals surface area contributed by atoms with Crippen molar-refractivity contribution in [2.75, 3.05) is 6.54 Å². The Morgan fingerprint density at radius 3 is 2.93 bits per heavy atom. The first-order valence-corrected chi connectivity index (χ1v) is 4.75. The van der Waals surface area contributed by atoms with Gasteiger partial charge in [-0.25, -0.2) is 4.98 Å². The van der Waals surface area contributed by atoms with Crippen LogP contribution in [0, 0.1) is 0 Å². The van der Waals surface area contributed by atoms with Crippen molar-refractivity contribution in [1.29, 1.82) is 0 Å². The van der Waals surface area contributed by atoms with Gasteiger partial charge in [-0.05, 0) is 19.4 Å². The minimum atomic E-state index is -0.465. The molecule has 0 saturated carbocycles. The highest BCUT2D eigenvalue weighted by atomic mass is 16.1. The summed E-state index contributed by atoms with van der Waals surface area (Å²) >= 11 is 0. The number of H-pyrrole nitrogens is 1. The molecule has 0 unspecified atom stereocenters. The van der Waals surface area contributed by atoms with E-state index in [4.69, 9.17) is 11.5 Å². The van der Waals surface area contributed by atoms with Crippen molar-refractivity contribution < 1.29 is 4.79 Å². The summed E-state index contributed by atoms with van der Waals surface area (Å²) in [6.07, 6.45) is 5.60. The van der Waals surface area contributed by atoms with Crippen molar-refractivity contribution in [3.05, 3.63) is 18.2 Å². The van der Waals surface area contributed by atoms with Crippen LogP contribution in [0.3, 0.4) is 0 Å². The number of imidazole rings is 1. The van der Waals surface area contributed by atoms with Gasteiger partial charge in [0.25, 0.3) is 0 Å².